The van der Waals surface area contributed by atoms with Crippen molar-refractivity contribution in [1.82, 2.24) is 5.32 Å². The SMILES string of the molecule is C=CCOC(=O)NC(CC1CC(F)(F)C1)C(=O)O. The smallest absolute Gasteiger partial charge is 0.408 e. The number of carboxylic acid groups (broad SMARTS) is 1. The Hall–Kier alpha value is -1.66. The van der Waals surface area contributed by atoms with Crippen LogP contribution in [0.1, 0.15) is 19.3 Å². The molecule has 0 aromatic carbocycles. The topological polar surface area (TPSA) is 75.6 Å². The second kappa shape index (κ2) is 5.79. The number of alkyl carbamates (subject to hydrolysis) is 1. The largest absolute Gasteiger partial charge is 0.480 e. The Morgan fingerprint density at radius 1 is 1.56 bits per heavy atom. The lowest BCUT2D eigenvalue weighted by molar-refractivity contribution is -0.143. The summed E-state index contributed by atoms with van der Waals surface area (Å²) < 4.78 is 29.8. The van der Waals surface area contributed by atoms with Gasteiger partial charge in [-0.25, -0.2) is 18.4 Å². The standard InChI is InChI=1S/C11H15F2NO4/c1-2-3-18-10(17)14-8(9(15)16)4-7-5-11(12,13)6-7/h2,7-8H,1,3-6H2,(H,14,17)(H,15,16). The number of aliphatic carboxylic acids is 1. The summed E-state index contributed by atoms with van der Waals surface area (Å²) >= 11 is 0. The van der Waals surface area contributed by atoms with E-state index in [1.807, 2.05) is 0 Å². The third-order valence-electron chi connectivity index (χ3n) is 2.67. The number of ether oxygens (including phenoxy) is 1. The molecule has 1 atom stereocenters. The maximum atomic E-state index is 12.6. The molecular formula is C11H15F2NO4. The molecule has 1 rings (SSSR count). The number of nitrogens with one attached hydrogen (secondary N) is 1. The summed E-state index contributed by atoms with van der Waals surface area (Å²) in [6, 6.07) is -1.21. The molecule has 0 aromatic rings. The molecule has 2 N–H and O–H groups in total. The van der Waals surface area contributed by atoms with Crippen LogP contribution < -0.4 is 5.32 Å². The van der Waals surface area contributed by atoms with Gasteiger partial charge in [0.15, 0.2) is 0 Å². The first-order valence-electron chi connectivity index (χ1n) is 5.49. The summed E-state index contributed by atoms with van der Waals surface area (Å²) in [6.45, 7) is 3.29. The second-order valence-electron chi connectivity index (χ2n) is 4.29. The van der Waals surface area contributed by atoms with Gasteiger partial charge in [-0.05, 0) is 12.3 Å². The van der Waals surface area contributed by atoms with Crippen LogP contribution in [0.25, 0.3) is 0 Å². The van der Waals surface area contributed by atoms with Gasteiger partial charge in [0, 0.05) is 12.8 Å². The van der Waals surface area contributed by atoms with Crippen molar-refractivity contribution in [2.24, 2.45) is 5.92 Å². The maximum absolute atomic E-state index is 12.6. The molecule has 1 fully saturated rings. The number of hydrogen-bond acceptors (Lipinski definition) is 3. The zero-order chi connectivity index (χ0) is 13.8. The summed E-state index contributed by atoms with van der Waals surface area (Å²) in [5.74, 6) is -4.35. The zero-order valence-corrected chi connectivity index (χ0v) is 9.70. The average Bonchev–Trinajstić information content (AvgIpc) is 2.22. The first kappa shape index (κ1) is 14.4. The van der Waals surface area contributed by atoms with E-state index in [0.29, 0.717) is 0 Å². The van der Waals surface area contributed by atoms with Crippen LogP contribution >= 0.6 is 0 Å². The predicted molar refractivity (Wildman–Crippen MR) is 58.4 cm³/mol. The highest BCUT2D eigenvalue weighted by Crippen LogP contribution is 2.44. The fourth-order valence-corrected chi connectivity index (χ4v) is 1.82. The first-order valence-corrected chi connectivity index (χ1v) is 5.49. The van der Waals surface area contributed by atoms with Gasteiger partial charge in [-0.2, -0.15) is 0 Å². The molecule has 0 spiro atoms. The number of halogens is 2. The Kier molecular flexibility index (Phi) is 4.63. The first-order chi connectivity index (χ1) is 8.34. The Morgan fingerprint density at radius 3 is 2.61 bits per heavy atom. The summed E-state index contributed by atoms with van der Waals surface area (Å²) in [5, 5.41) is 11.0. The van der Waals surface area contributed by atoms with E-state index in [1.54, 1.807) is 0 Å². The van der Waals surface area contributed by atoms with Gasteiger partial charge >= 0.3 is 12.1 Å². The van der Waals surface area contributed by atoms with Gasteiger partial charge in [-0.15, -0.1) is 0 Å². The van der Waals surface area contributed by atoms with Crippen LogP contribution in [0.2, 0.25) is 0 Å². The van der Waals surface area contributed by atoms with Crippen molar-refractivity contribution in [3.63, 3.8) is 0 Å². The summed E-state index contributed by atoms with van der Waals surface area (Å²) in [5.41, 5.74) is 0. The van der Waals surface area contributed by atoms with E-state index >= 15 is 0 Å². The third kappa shape index (κ3) is 4.31. The van der Waals surface area contributed by atoms with Gasteiger partial charge in [0.1, 0.15) is 12.6 Å². The van der Waals surface area contributed by atoms with Crippen LogP contribution in [-0.2, 0) is 9.53 Å². The fraction of sp³-hybridized carbons (Fsp3) is 0.636. The summed E-state index contributed by atoms with van der Waals surface area (Å²) in [7, 11) is 0. The predicted octanol–water partition coefficient (Wildman–Crippen LogP) is 1.79. The Morgan fingerprint density at radius 2 is 2.17 bits per heavy atom. The zero-order valence-electron chi connectivity index (χ0n) is 9.70. The molecule has 1 saturated carbocycles. The van der Waals surface area contributed by atoms with E-state index in [-0.39, 0.29) is 31.8 Å². The summed E-state index contributed by atoms with van der Waals surface area (Å²) in [6.07, 6.45) is -0.246. The van der Waals surface area contributed by atoms with Crippen molar-refractivity contribution in [1.29, 1.82) is 0 Å². The number of hydrogen-bond donors (Lipinski definition) is 2. The molecular weight excluding hydrogens is 248 g/mol. The van der Waals surface area contributed by atoms with Gasteiger partial charge < -0.3 is 15.2 Å². The lowest BCUT2D eigenvalue weighted by atomic mass is 9.77. The molecule has 0 heterocycles. The van der Waals surface area contributed by atoms with Crippen LogP contribution in [0.15, 0.2) is 12.7 Å². The van der Waals surface area contributed by atoms with Crippen molar-refractivity contribution < 1.29 is 28.2 Å². The second-order valence-corrected chi connectivity index (χ2v) is 4.29. The molecule has 1 amide bonds. The van der Waals surface area contributed by atoms with Crippen molar-refractivity contribution in [3.05, 3.63) is 12.7 Å². The van der Waals surface area contributed by atoms with E-state index in [0.717, 1.165) is 0 Å². The van der Waals surface area contributed by atoms with Gasteiger partial charge in [0.25, 0.3) is 0 Å². The maximum Gasteiger partial charge on any atom is 0.408 e. The Balaban J connectivity index is 2.39. The van der Waals surface area contributed by atoms with Crippen molar-refractivity contribution >= 4 is 12.1 Å². The van der Waals surface area contributed by atoms with Crippen LogP contribution in [0.3, 0.4) is 0 Å². The number of carbonyl (C=O) groups is 2. The van der Waals surface area contributed by atoms with E-state index in [4.69, 9.17) is 5.11 Å². The molecule has 0 saturated heterocycles. The fourth-order valence-electron chi connectivity index (χ4n) is 1.82. The van der Waals surface area contributed by atoms with Crippen molar-refractivity contribution in [2.45, 2.75) is 31.2 Å². The van der Waals surface area contributed by atoms with E-state index in [9.17, 15) is 18.4 Å². The lowest BCUT2D eigenvalue weighted by Gasteiger charge is -2.36. The van der Waals surface area contributed by atoms with E-state index in [2.05, 4.69) is 16.6 Å². The van der Waals surface area contributed by atoms with Gasteiger partial charge in [0.05, 0.1) is 0 Å². The third-order valence-corrected chi connectivity index (χ3v) is 2.67. The minimum Gasteiger partial charge on any atom is -0.480 e. The molecule has 1 aliphatic carbocycles. The molecule has 0 bridgehead atoms. The lowest BCUT2D eigenvalue weighted by Crippen LogP contribution is -2.46. The molecule has 7 heteroatoms. The number of carbonyl (C=O) groups excluding carboxylic acids is 1. The summed E-state index contributed by atoms with van der Waals surface area (Å²) in [4.78, 5) is 22.0. The average molecular weight is 263 g/mol. The van der Waals surface area contributed by atoms with Crippen LogP contribution in [0.4, 0.5) is 13.6 Å². The molecule has 0 aromatic heterocycles. The van der Waals surface area contributed by atoms with Gasteiger partial charge in [0.2, 0.25) is 5.92 Å². The van der Waals surface area contributed by atoms with Crippen LogP contribution in [0, 0.1) is 5.92 Å². The van der Waals surface area contributed by atoms with Gasteiger partial charge in [-0.3, -0.25) is 0 Å². The highest BCUT2D eigenvalue weighted by Gasteiger charge is 2.46. The molecule has 18 heavy (non-hydrogen) atoms. The number of carboxylic acids is 1. The molecule has 1 aliphatic rings. The van der Waals surface area contributed by atoms with Crippen molar-refractivity contribution in [2.75, 3.05) is 6.61 Å². The Bertz CT molecular complexity index is 338. The van der Waals surface area contributed by atoms with E-state index < -0.39 is 24.0 Å². The highest BCUT2D eigenvalue weighted by atomic mass is 19.3. The molecule has 0 radical (unpaired) electrons. The molecule has 102 valence electrons. The van der Waals surface area contributed by atoms with Gasteiger partial charge in [-0.1, -0.05) is 12.7 Å². The highest BCUT2D eigenvalue weighted by molar-refractivity contribution is 5.79. The van der Waals surface area contributed by atoms with Crippen molar-refractivity contribution in [3.8, 4) is 0 Å². The molecule has 0 aliphatic heterocycles. The minimum atomic E-state index is -2.70. The Labute approximate surface area is 103 Å². The minimum absolute atomic E-state index is 0.0197. The monoisotopic (exact) mass is 263 g/mol. The van der Waals surface area contributed by atoms with Crippen LogP contribution in [0.5, 0.6) is 0 Å². The van der Waals surface area contributed by atoms with E-state index in [1.165, 1.54) is 6.08 Å². The number of alkyl halides is 2. The van der Waals surface area contributed by atoms with Crippen LogP contribution in [-0.4, -0.2) is 35.7 Å². The molecule has 5 nitrogen and oxygen atoms in total. The normalized spacial score (nSPS) is 19.4. The molecule has 1 unspecified atom stereocenters. The number of rotatable bonds is 6. The quantitative estimate of drug-likeness (QED) is 0.716. The number of amides is 1.